The number of amides is 1. The van der Waals surface area contributed by atoms with Crippen molar-refractivity contribution < 1.29 is 13.2 Å². The zero-order chi connectivity index (χ0) is 21.3. The van der Waals surface area contributed by atoms with E-state index in [-0.39, 0.29) is 23.4 Å². The van der Waals surface area contributed by atoms with E-state index >= 15 is 0 Å². The van der Waals surface area contributed by atoms with Gasteiger partial charge in [0.05, 0.1) is 4.90 Å². The third kappa shape index (κ3) is 4.12. The molecule has 0 bridgehead atoms. The van der Waals surface area contributed by atoms with E-state index in [9.17, 15) is 13.2 Å². The molecule has 0 fully saturated rings. The summed E-state index contributed by atoms with van der Waals surface area (Å²) < 4.78 is 27.7. The lowest BCUT2D eigenvalue weighted by molar-refractivity contribution is 0.0981. The van der Waals surface area contributed by atoms with E-state index in [1.807, 2.05) is 43.3 Å². The van der Waals surface area contributed by atoms with Gasteiger partial charge in [-0.2, -0.15) is 0 Å². The fraction of sp³-hybridized carbons (Fsp3) is 0.174. The molecule has 7 heteroatoms. The van der Waals surface area contributed by atoms with Gasteiger partial charge in [-0.05, 0) is 60.9 Å². The summed E-state index contributed by atoms with van der Waals surface area (Å²) in [4.78, 5) is 15.0. The van der Waals surface area contributed by atoms with Crippen LogP contribution in [-0.2, 0) is 23.0 Å². The number of fused-ring (bicyclic) bond motifs is 1. The van der Waals surface area contributed by atoms with Gasteiger partial charge in [0.25, 0.3) is 5.91 Å². The minimum atomic E-state index is -3.69. The fourth-order valence-electron chi connectivity index (χ4n) is 3.69. The molecule has 4 rings (SSSR count). The molecule has 0 saturated carbocycles. The number of carbonyl (C=O) groups excluding carboxylic acids is 1. The summed E-state index contributed by atoms with van der Waals surface area (Å²) in [5.41, 5.74) is 3.31. The molecule has 0 unspecified atom stereocenters. The molecule has 1 atom stereocenters. The van der Waals surface area contributed by atoms with Gasteiger partial charge >= 0.3 is 0 Å². The van der Waals surface area contributed by atoms with Crippen molar-refractivity contribution in [3.05, 3.63) is 94.5 Å². The molecule has 1 aliphatic rings. The number of nitrogens with one attached hydrogen (secondary N) is 1. The second-order valence-electron chi connectivity index (χ2n) is 7.34. The molecule has 1 aliphatic heterocycles. The summed E-state index contributed by atoms with van der Waals surface area (Å²) in [5.74, 6) is -0.0569. The first-order valence-corrected chi connectivity index (χ1v) is 11.5. The van der Waals surface area contributed by atoms with Crippen LogP contribution in [0.1, 0.15) is 28.4 Å². The van der Waals surface area contributed by atoms with E-state index in [1.165, 1.54) is 12.1 Å². The van der Waals surface area contributed by atoms with Crippen molar-refractivity contribution in [2.75, 3.05) is 4.90 Å². The molecule has 1 amide bonds. The highest BCUT2D eigenvalue weighted by Crippen LogP contribution is 2.34. The van der Waals surface area contributed by atoms with Crippen LogP contribution in [0.25, 0.3) is 0 Å². The first-order valence-electron chi connectivity index (χ1n) is 9.61. The smallest absolute Gasteiger partial charge is 0.258 e. The highest BCUT2D eigenvalue weighted by Gasteiger charge is 2.31. The van der Waals surface area contributed by atoms with Gasteiger partial charge in [-0.1, -0.05) is 48.0 Å². The van der Waals surface area contributed by atoms with Gasteiger partial charge in [-0.15, -0.1) is 0 Å². The standard InChI is InChI=1S/C23H21ClN2O3S/c1-16-12-19-11-10-17(15-25-30(28,29)21-9-5-8-20(24)14-21)13-22(19)26(16)23(27)18-6-3-2-4-7-18/h2-11,13-14,16,25H,12,15H2,1H3/t16-/m1/s1. The lowest BCUT2D eigenvalue weighted by atomic mass is 10.1. The van der Waals surface area contributed by atoms with Gasteiger partial charge in [0.1, 0.15) is 0 Å². The van der Waals surface area contributed by atoms with Crippen molar-refractivity contribution in [2.45, 2.75) is 30.8 Å². The van der Waals surface area contributed by atoms with Gasteiger partial charge < -0.3 is 4.90 Å². The monoisotopic (exact) mass is 440 g/mol. The van der Waals surface area contributed by atoms with Crippen LogP contribution < -0.4 is 9.62 Å². The number of rotatable bonds is 5. The lowest BCUT2D eigenvalue weighted by Gasteiger charge is -2.23. The maximum atomic E-state index is 13.1. The Hall–Kier alpha value is -2.67. The van der Waals surface area contributed by atoms with E-state index in [2.05, 4.69) is 4.72 Å². The van der Waals surface area contributed by atoms with Crippen molar-refractivity contribution >= 4 is 33.2 Å². The molecule has 1 heterocycles. The molecule has 3 aromatic rings. The first kappa shape index (κ1) is 20.6. The van der Waals surface area contributed by atoms with E-state index in [4.69, 9.17) is 11.6 Å². The molecule has 1 N–H and O–H groups in total. The lowest BCUT2D eigenvalue weighted by Crippen LogP contribution is -2.35. The van der Waals surface area contributed by atoms with Gasteiger partial charge in [-0.3, -0.25) is 4.79 Å². The van der Waals surface area contributed by atoms with Gasteiger partial charge in [0, 0.05) is 28.9 Å². The average Bonchev–Trinajstić information content (AvgIpc) is 3.07. The maximum Gasteiger partial charge on any atom is 0.258 e. The first-order chi connectivity index (χ1) is 14.3. The van der Waals surface area contributed by atoms with E-state index in [1.54, 1.807) is 29.2 Å². The van der Waals surface area contributed by atoms with Crippen LogP contribution in [0.15, 0.2) is 77.7 Å². The predicted octanol–water partition coefficient (Wildman–Crippen LogP) is 4.41. The Morgan fingerprint density at radius 3 is 2.57 bits per heavy atom. The highest BCUT2D eigenvalue weighted by atomic mass is 35.5. The quantitative estimate of drug-likeness (QED) is 0.639. The summed E-state index contributed by atoms with van der Waals surface area (Å²) in [6, 6.07) is 21.1. The number of hydrogen-bond acceptors (Lipinski definition) is 3. The van der Waals surface area contributed by atoms with E-state index in [0.29, 0.717) is 10.6 Å². The third-order valence-corrected chi connectivity index (χ3v) is 6.81. The van der Waals surface area contributed by atoms with Crippen molar-refractivity contribution in [3.63, 3.8) is 0 Å². The maximum absolute atomic E-state index is 13.1. The normalized spacial score (nSPS) is 15.8. The van der Waals surface area contributed by atoms with Gasteiger partial charge in [0.2, 0.25) is 10.0 Å². The Morgan fingerprint density at radius 1 is 1.07 bits per heavy atom. The molecule has 0 saturated heterocycles. The van der Waals surface area contributed by atoms with Crippen LogP contribution >= 0.6 is 11.6 Å². The minimum Gasteiger partial charge on any atom is -0.305 e. The number of anilines is 1. The van der Waals surface area contributed by atoms with Crippen LogP contribution in [0.4, 0.5) is 5.69 Å². The van der Waals surface area contributed by atoms with Crippen LogP contribution in [-0.4, -0.2) is 20.4 Å². The average molecular weight is 441 g/mol. The summed E-state index contributed by atoms with van der Waals surface area (Å²) in [6.07, 6.45) is 0.766. The zero-order valence-electron chi connectivity index (χ0n) is 16.4. The predicted molar refractivity (Wildman–Crippen MR) is 118 cm³/mol. The number of benzene rings is 3. The van der Waals surface area contributed by atoms with Crippen LogP contribution in [0, 0.1) is 0 Å². The molecule has 3 aromatic carbocycles. The molecule has 0 spiro atoms. The van der Waals surface area contributed by atoms with E-state index in [0.717, 1.165) is 23.2 Å². The fourth-order valence-corrected chi connectivity index (χ4v) is 5.01. The number of carbonyl (C=O) groups is 1. The number of sulfonamides is 1. The molecule has 0 aromatic heterocycles. The van der Waals surface area contributed by atoms with Gasteiger partial charge in [-0.25, -0.2) is 13.1 Å². The summed E-state index contributed by atoms with van der Waals surface area (Å²) >= 11 is 5.91. The Bertz CT molecular complexity index is 1200. The second-order valence-corrected chi connectivity index (χ2v) is 9.54. The Morgan fingerprint density at radius 2 is 1.83 bits per heavy atom. The topological polar surface area (TPSA) is 66.5 Å². The molecule has 0 aliphatic carbocycles. The number of hydrogen-bond donors (Lipinski definition) is 1. The van der Waals surface area contributed by atoms with Gasteiger partial charge in [0.15, 0.2) is 0 Å². The van der Waals surface area contributed by atoms with Crippen molar-refractivity contribution in [3.8, 4) is 0 Å². The molecule has 0 radical (unpaired) electrons. The number of nitrogens with zero attached hydrogens (tertiary/aromatic N) is 1. The Balaban J connectivity index is 1.57. The molecular weight excluding hydrogens is 420 g/mol. The van der Waals surface area contributed by atoms with Crippen LogP contribution in [0.3, 0.4) is 0 Å². The Labute approximate surface area is 181 Å². The number of halogens is 1. The second kappa shape index (κ2) is 8.22. The molecule has 5 nitrogen and oxygen atoms in total. The van der Waals surface area contributed by atoms with E-state index < -0.39 is 10.0 Å². The van der Waals surface area contributed by atoms with Crippen molar-refractivity contribution in [1.82, 2.24) is 4.72 Å². The molecular formula is C23H21ClN2O3S. The highest BCUT2D eigenvalue weighted by molar-refractivity contribution is 7.89. The van der Waals surface area contributed by atoms with Crippen LogP contribution in [0.2, 0.25) is 5.02 Å². The summed E-state index contributed by atoms with van der Waals surface area (Å²) in [6.45, 7) is 2.13. The SMILES string of the molecule is C[C@@H]1Cc2ccc(CNS(=O)(=O)c3cccc(Cl)c3)cc2N1C(=O)c1ccccc1. The summed E-state index contributed by atoms with van der Waals surface area (Å²) in [7, 11) is -3.69. The largest absolute Gasteiger partial charge is 0.305 e. The Kier molecular flexibility index (Phi) is 5.64. The van der Waals surface area contributed by atoms with Crippen molar-refractivity contribution in [2.24, 2.45) is 0 Å². The zero-order valence-corrected chi connectivity index (χ0v) is 18.0. The van der Waals surface area contributed by atoms with Crippen molar-refractivity contribution in [1.29, 1.82) is 0 Å². The third-order valence-electron chi connectivity index (χ3n) is 5.18. The summed E-state index contributed by atoms with van der Waals surface area (Å²) in [5, 5.41) is 0.361. The van der Waals surface area contributed by atoms with Crippen LogP contribution in [0.5, 0.6) is 0 Å². The minimum absolute atomic E-state index is 0.0334. The molecule has 30 heavy (non-hydrogen) atoms. The molecule has 154 valence electrons.